The molecular formula is C15H21N3O. The minimum atomic E-state index is -0.0455. The standard InChI is InChI=1S/C15H21N3O/c1-18-7-6-12(10-18)17-15(19)14-9-16-8-11-4-2-3-5-13(11)14/h2-5,12,14,16H,6-10H2,1H3,(H,17,19). The van der Waals surface area contributed by atoms with E-state index in [0.717, 1.165) is 32.6 Å². The van der Waals surface area contributed by atoms with Gasteiger partial charge in [-0.15, -0.1) is 0 Å². The highest BCUT2D eigenvalue weighted by Crippen LogP contribution is 2.24. The van der Waals surface area contributed by atoms with Gasteiger partial charge < -0.3 is 15.5 Å². The number of likely N-dealkylation sites (tertiary alicyclic amines) is 1. The molecule has 1 amide bonds. The lowest BCUT2D eigenvalue weighted by Crippen LogP contribution is -2.43. The van der Waals surface area contributed by atoms with Crippen molar-refractivity contribution in [2.75, 3.05) is 26.7 Å². The van der Waals surface area contributed by atoms with Crippen molar-refractivity contribution >= 4 is 5.91 Å². The highest BCUT2D eigenvalue weighted by atomic mass is 16.2. The molecule has 0 radical (unpaired) electrons. The summed E-state index contributed by atoms with van der Waals surface area (Å²) in [5.74, 6) is 0.121. The van der Waals surface area contributed by atoms with Gasteiger partial charge in [0.1, 0.15) is 0 Å². The predicted octanol–water partition coefficient (Wildman–Crippen LogP) is 0.694. The third-order valence-corrected chi connectivity index (χ3v) is 4.15. The number of hydrogen-bond acceptors (Lipinski definition) is 3. The highest BCUT2D eigenvalue weighted by molar-refractivity contribution is 5.85. The first-order valence-corrected chi connectivity index (χ1v) is 7.01. The zero-order valence-corrected chi connectivity index (χ0v) is 11.4. The molecule has 2 aliphatic heterocycles. The van der Waals surface area contributed by atoms with Crippen LogP contribution >= 0.6 is 0 Å². The molecule has 102 valence electrons. The van der Waals surface area contributed by atoms with Gasteiger partial charge in [-0.3, -0.25) is 4.79 Å². The number of carbonyl (C=O) groups is 1. The van der Waals surface area contributed by atoms with Crippen LogP contribution < -0.4 is 10.6 Å². The monoisotopic (exact) mass is 259 g/mol. The van der Waals surface area contributed by atoms with Gasteiger partial charge in [-0.05, 0) is 31.1 Å². The molecule has 1 aromatic carbocycles. The van der Waals surface area contributed by atoms with Crippen LogP contribution in [0.1, 0.15) is 23.5 Å². The van der Waals surface area contributed by atoms with Crippen LogP contribution in [0.25, 0.3) is 0 Å². The van der Waals surface area contributed by atoms with E-state index in [2.05, 4.69) is 34.7 Å². The van der Waals surface area contributed by atoms with Crippen LogP contribution in [0, 0.1) is 0 Å². The van der Waals surface area contributed by atoms with Gasteiger partial charge in [-0.2, -0.15) is 0 Å². The first-order valence-electron chi connectivity index (χ1n) is 7.01. The Morgan fingerprint density at radius 1 is 1.42 bits per heavy atom. The van der Waals surface area contributed by atoms with Gasteiger partial charge in [0.05, 0.1) is 5.92 Å². The van der Waals surface area contributed by atoms with Crippen molar-refractivity contribution in [3.05, 3.63) is 35.4 Å². The maximum atomic E-state index is 12.5. The fourth-order valence-corrected chi connectivity index (χ4v) is 3.08. The Morgan fingerprint density at radius 2 is 2.26 bits per heavy atom. The summed E-state index contributed by atoms with van der Waals surface area (Å²) in [5.41, 5.74) is 2.43. The van der Waals surface area contributed by atoms with Crippen molar-refractivity contribution in [2.24, 2.45) is 0 Å². The van der Waals surface area contributed by atoms with E-state index in [0.29, 0.717) is 6.04 Å². The molecule has 4 nitrogen and oxygen atoms in total. The van der Waals surface area contributed by atoms with E-state index in [1.54, 1.807) is 0 Å². The quantitative estimate of drug-likeness (QED) is 0.821. The molecule has 0 bridgehead atoms. The van der Waals surface area contributed by atoms with Gasteiger partial charge in [-0.1, -0.05) is 24.3 Å². The normalized spacial score (nSPS) is 27.0. The number of nitrogens with zero attached hydrogens (tertiary/aromatic N) is 1. The molecule has 2 unspecified atom stereocenters. The molecule has 3 rings (SSSR count). The summed E-state index contributed by atoms with van der Waals surface area (Å²) in [7, 11) is 2.10. The van der Waals surface area contributed by atoms with Crippen molar-refractivity contribution in [3.8, 4) is 0 Å². The molecule has 2 aliphatic rings. The second-order valence-corrected chi connectivity index (χ2v) is 5.64. The van der Waals surface area contributed by atoms with Crippen LogP contribution in [0.5, 0.6) is 0 Å². The summed E-state index contributed by atoms with van der Waals surface area (Å²) in [6, 6.07) is 8.55. The van der Waals surface area contributed by atoms with Gasteiger partial charge in [0.25, 0.3) is 0 Å². The van der Waals surface area contributed by atoms with Crippen molar-refractivity contribution in [3.63, 3.8) is 0 Å². The summed E-state index contributed by atoms with van der Waals surface area (Å²) >= 11 is 0. The van der Waals surface area contributed by atoms with Crippen molar-refractivity contribution in [2.45, 2.75) is 24.9 Å². The largest absolute Gasteiger partial charge is 0.351 e. The number of rotatable bonds is 2. The minimum absolute atomic E-state index is 0.0455. The van der Waals surface area contributed by atoms with E-state index >= 15 is 0 Å². The molecule has 2 heterocycles. The van der Waals surface area contributed by atoms with Crippen LogP contribution in [0.15, 0.2) is 24.3 Å². The SMILES string of the molecule is CN1CCC(NC(=O)C2CNCc3ccccc32)C1. The number of nitrogens with one attached hydrogen (secondary N) is 2. The molecule has 1 fully saturated rings. The molecule has 0 aliphatic carbocycles. The Morgan fingerprint density at radius 3 is 3.05 bits per heavy atom. The summed E-state index contributed by atoms with van der Waals surface area (Å²) in [6.45, 7) is 3.65. The van der Waals surface area contributed by atoms with E-state index < -0.39 is 0 Å². The smallest absolute Gasteiger partial charge is 0.229 e. The van der Waals surface area contributed by atoms with E-state index in [1.807, 2.05) is 12.1 Å². The summed E-state index contributed by atoms with van der Waals surface area (Å²) in [5, 5.41) is 6.53. The summed E-state index contributed by atoms with van der Waals surface area (Å²) in [6.07, 6.45) is 1.06. The Balaban J connectivity index is 1.71. The predicted molar refractivity (Wildman–Crippen MR) is 74.9 cm³/mol. The zero-order chi connectivity index (χ0) is 13.2. The molecule has 2 N–H and O–H groups in total. The van der Waals surface area contributed by atoms with E-state index in [9.17, 15) is 4.79 Å². The molecule has 1 aromatic rings. The molecule has 0 spiro atoms. The van der Waals surface area contributed by atoms with Gasteiger partial charge in [0.15, 0.2) is 0 Å². The molecular weight excluding hydrogens is 238 g/mol. The second kappa shape index (κ2) is 5.31. The van der Waals surface area contributed by atoms with Crippen LogP contribution in [0.2, 0.25) is 0 Å². The number of likely N-dealkylation sites (N-methyl/N-ethyl adjacent to an activating group) is 1. The molecule has 0 aromatic heterocycles. The van der Waals surface area contributed by atoms with Gasteiger partial charge >= 0.3 is 0 Å². The Hall–Kier alpha value is -1.39. The van der Waals surface area contributed by atoms with E-state index in [1.165, 1.54) is 11.1 Å². The average Bonchev–Trinajstić information content (AvgIpc) is 2.83. The van der Waals surface area contributed by atoms with Gasteiger partial charge in [-0.25, -0.2) is 0 Å². The highest BCUT2D eigenvalue weighted by Gasteiger charge is 2.29. The van der Waals surface area contributed by atoms with E-state index in [-0.39, 0.29) is 11.8 Å². The molecule has 4 heteroatoms. The molecule has 1 saturated heterocycles. The van der Waals surface area contributed by atoms with Gasteiger partial charge in [0, 0.05) is 25.7 Å². The number of fused-ring (bicyclic) bond motifs is 1. The third-order valence-electron chi connectivity index (χ3n) is 4.15. The lowest BCUT2D eigenvalue weighted by Gasteiger charge is -2.26. The molecule has 2 atom stereocenters. The molecule has 0 saturated carbocycles. The maximum absolute atomic E-state index is 12.5. The van der Waals surface area contributed by atoms with Crippen LogP contribution in [-0.2, 0) is 11.3 Å². The second-order valence-electron chi connectivity index (χ2n) is 5.64. The topological polar surface area (TPSA) is 44.4 Å². The zero-order valence-electron chi connectivity index (χ0n) is 11.4. The van der Waals surface area contributed by atoms with Crippen molar-refractivity contribution in [1.82, 2.24) is 15.5 Å². The Labute approximate surface area is 114 Å². The Kier molecular flexibility index (Phi) is 3.53. The van der Waals surface area contributed by atoms with Gasteiger partial charge in [0.2, 0.25) is 5.91 Å². The van der Waals surface area contributed by atoms with Crippen molar-refractivity contribution in [1.29, 1.82) is 0 Å². The third kappa shape index (κ3) is 2.65. The fourth-order valence-electron chi connectivity index (χ4n) is 3.08. The van der Waals surface area contributed by atoms with Crippen molar-refractivity contribution < 1.29 is 4.79 Å². The van der Waals surface area contributed by atoms with Crippen LogP contribution in [0.4, 0.5) is 0 Å². The minimum Gasteiger partial charge on any atom is -0.351 e. The number of hydrogen-bond donors (Lipinski definition) is 2. The lowest BCUT2D eigenvalue weighted by molar-refractivity contribution is -0.123. The number of benzene rings is 1. The lowest BCUT2D eigenvalue weighted by atomic mass is 9.90. The summed E-state index contributed by atoms with van der Waals surface area (Å²) in [4.78, 5) is 14.7. The number of amides is 1. The first kappa shape index (κ1) is 12.6. The Bertz CT molecular complexity index is 474. The molecule has 19 heavy (non-hydrogen) atoms. The summed E-state index contributed by atoms with van der Waals surface area (Å²) < 4.78 is 0. The van der Waals surface area contributed by atoms with Crippen LogP contribution in [-0.4, -0.2) is 43.5 Å². The van der Waals surface area contributed by atoms with Crippen LogP contribution in [0.3, 0.4) is 0 Å². The number of carbonyl (C=O) groups excluding carboxylic acids is 1. The maximum Gasteiger partial charge on any atom is 0.229 e. The average molecular weight is 259 g/mol. The first-order chi connectivity index (χ1) is 9.24. The fraction of sp³-hybridized carbons (Fsp3) is 0.533. The van der Waals surface area contributed by atoms with E-state index in [4.69, 9.17) is 0 Å².